The molecule has 7 heteroatoms. The molecule has 0 aliphatic carbocycles. The highest BCUT2D eigenvalue weighted by molar-refractivity contribution is 6.36. The summed E-state index contributed by atoms with van der Waals surface area (Å²) >= 11 is 12.0. The van der Waals surface area contributed by atoms with Gasteiger partial charge in [0.05, 0.1) is 22.0 Å². The van der Waals surface area contributed by atoms with Gasteiger partial charge in [-0.25, -0.2) is 0 Å². The van der Waals surface area contributed by atoms with Gasteiger partial charge in [-0.05, 0) is 50.2 Å². The number of amides is 1. The van der Waals surface area contributed by atoms with Crippen LogP contribution in [0.15, 0.2) is 47.0 Å². The minimum absolute atomic E-state index is 0.294. The number of carbonyl (C=O) groups excluding carboxylic acids is 1. The molecule has 0 aliphatic heterocycles. The van der Waals surface area contributed by atoms with Gasteiger partial charge in [0.25, 0.3) is 5.91 Å². The van der Waals surface area contributed by atoms with Crippen molar-refractivity contribution in [3.05, 3.63) is 75.1 Å². The Balaban J connectivity index is 1.71. The van der Waals surface area contributed by atoms with E-state index < -0.39 is 0 Å². The molecular formula is C19H16Cl2N2O3. The van der Waals surface area contributed by atoms with E-state index in [9.17, 15) is 4.79 Å². The Bertz CT molecular complexity index is 934. The van der Waals surface area contributed by atoms with Crippen molar-refractivity contribution in [2.45, 2.75) is 20.5 Å². The molecule has 3 aromatic rings. The third-order valence-electron chi connectivity index (χ3n) is 3.84. The van der Waals surface area contributed by atoms with E-state index >= 15 is 0 Å². The molecule has 0 aliphatic rings. The molecule has 1 N–H and O–H groups in total. The summed E-state index contributed by atoms with van der Waals surface area (Å²) < 4.78 is 10.9. The number of anilines is 1. The van der Waals surface area contributed by atoms with Gasteiger partial charge >= 0.3 is 0 Å². The Morgan fingerprint density at radius 3 is 2.69 bits per heavy atom. The maximum atomic E-state index is 12.5. The van der Waals surface area contributed by atoms with E-state index in [2.05, 4.69) is 10.5 Å². The first kappa shape index (κ1) is 18.3. The SMILES string of the molecule is Cc1noc(C)c1COc1cccc(C(=O)Nc2ccc(Cl)cc2Cl)c1. The Kier molecular flexibility index (Phi) is 5.49. The fourth-order valence-corrected chi connectivity index (χ4v) is 2.83. The van der Waals surface area contributed by atoms with Gasteiger partial charge in [0, 0.05) is 10.6 Å². The first-order valence-electron chi connectivity index (χ1n) is 7.85. The van der Waals surface area contributed by atoms with E-state index in [1.807, 2.05) is 13.8 Å². The van der Waals surface area contributed by atoms with Crippen molar-refractivity contribution in [3.8, 4) is 5.75 Å². The van der Waals surface area contributed by atoms with Crippen LogP contribution in [0.1, 0.15) is 27.4 Å². The number of hydrogen-bond donors (Lipinski definition) is 1. The van der Waals surface area contributed by atoms with Gasteiger partial charge in [-0.3, -0.25) is 4.79 Å². The number of nitrogens with one attached hydrogen (secondary N) is 1. The van der Waals surface area contributed by atoms with Gasteiger partial charge in [-0.1, -0.05) is 34.4 Å². The molecule has 0 fully saturated rings. The van der Waals surface area contributed by atoms with Gasteiger partial charge in [0.1, 0.15) is 18.1 Å². The molecule has 3 rings (SSSR count). The maximum Gasteiger partial charge on any atom is 0.255 e. The lowest BCUT2D eigenvalue weighted by Gasteiger charge is -2.10. The highest BCUT2D eigenvalue weighted by atomic mass is 35.5. The van der Waals surface area contributed by atoms with Crippen LogP contribution in [0.3, 0.4) is 0 Å². The predicted molar refractivity (Wildman–Crippen MR) is 101 cm³/mol. The first-order chi connectivity index (χ1) is 12.4. The second kappa shape index (κ2) is 7.81. The van der Waals surface area contributed by atoms with Gasteiger partial charge in [-0.2, -0.15) is 0 Å². The summed E-state index contributed by atoms with van der Waals surface area (Å²) in [5.74, 6) is 0.991. The maximum absolute atomic E-state index is 12.5. The topological polar surface area (TPSA) is 64.4 Å². The van der Waals surface area contributed by atoms with Crippen molar-refractivity contribution in [1.29, 1.82) is 0 Å². The summed E-state index contributed by atoms with van der Waals surface area (Å²) in [6.45, 7) is 4.00. The standard InChI is InChI=1S/C19H16Cl2N2O3/c1-11-16(12(2)26-23-11)10-25-15-5-3-4-13(8-15)19(24)22-18-7-6-14(20)9-17(18)21/h3-9H,10H2,1-2H3,(H,22,24). The average Bonchev–Trinajstić information content (AvgIpc) is 2.94. The molecule has 1 aromatic heterocycles. The first-order valence-corrected chi connectivity index (χ1v) is 8.60. The van der Waals surface area contributed by atoms with Crippen LogP contribution in [0, 0.1) is 13.8 Å². The molecule has 134 valence electrons. The summed E-state index contributed by atoms with van der Waals surface area (Å²) in [6.07, 6.45) is 0. The number of aromatic nitrogens is 1. The number of benzene rings is 2. The van der Waals surface area contributed by atoms with Crippen LogP contribution < -0.4 is 10.1 Å². The molecule has 0 spiro atoms. The molecule has 0 unspecified atom stereocenters. The van der Waals surface area contributed by atoms with Crippen LogP contribution in [0.2, 0.25) is 10.0 Å². The number of hydrogen-bond acceptors (Lipinski definition) is 4. The molecule has 2 aromatic carbocycles. The lowest BCUT2D eigenvalue weighted by molar-refractivity contribution is 0.102. The largest absolute Gasteiger partial charge is 0.489 e. The fourth-order valence-electron chi connectivity index (χ4n) is 2.38. The van der Waals surface area contributed by atoms with Crippen molar-refractivity contribution >= 4 is 34.8 Å². The lowest BCUT2D eigenvalue weighted by Crippen LogP contribution is -2.12. The van der Waals surface area contributed by atoms with Crippen LogP contribution in [0.25, 0.3) is 0 Å². The molecule has 0 saturated heterocycles. The van der Waals surface area contributed by atoms with E-state index in [4.69, 9.17) is 32.5 Å². The fraction of sp³-hybridized carbons (Fsp3) is 0.158. The Labute approximate surface area is 160 Å². The minimum Gasteiger partial charge on any atom is -0.489 e. The quantitative estimate of drug-likeness (QED) is 0.630. The Hall–Kier alpha value is -2.50. The van der Waals surface area contributed by atoms with E-state index in [1.165, 1.54) is 0 Å². The molecule has 0 atom stereocenters. The normalized spacial score (nSPS) is 10.6. The second-order valence-electron chi connectivity index (χ2n) is 5.70. The van der Waals surface area contributed by atoms with Gasteiger partial charge in [-0.15, -0.1) is 0 Å². The lowest BCUT2D eigenvalue weighted by atomic mass is 10.2. The van der Waals surface area contributed by atoms with E-state index in [-0.39, 0.29) is 5.91 Å². The summed E-state index contributed by atoms with van der Waals surface area (Å²) in [6, 6.07) is 11.8. The number of aryl methyl sites for hydroxylation is 2. The molecule has 0 bridgehead atoms. The number of nitrogens with zero attached hydrogens (tertiary/aromatic N) is 1. The zero-order valence-electron chi connectivity index (χ0n) is 14.2. The smallest absolute Gasteiger partial charge is 0.255 e. The number of rotatable bonds is 5. The third kappa shape index (κ3) is 4.18. The summed E-state index contributed by atoms with van der Waals surface area (Å²) in [7, 11) is 0. The monoisotopic (exact) mass is 390 g/mol. The van der Waals surface area contributed by atoms with E-state index in [0.717, 1.165) is 11.3 Å². The number of halogens is 2. The van der Waals surface area contributed by atoms with E-state index in [1.54, 1.807) is 42.5 Å². The summed E-state index contributed by atoms with van der Waals surface area (Å²) in [4.78, 5) is 12.5. The Morgan fingerprint density at radius 2 is 2.00 bits per heavy atom. The molecule has 0 radical (unpaired) electrons. The van der Waals surface area contributed by atoms with Crippen molar-refractivity contribution in [2.75, 3.05) is 5.32 Å². The predicted octanol–water partition coefficient (Wildman–Crippen LogP) is 5.43. The third-order valence-corrected chi connectivity index (χ3v) is 4.39. The van der Waals surface area contributed by atoms with Crippen molar-refractivity contribution in [3.63, 3.8) is 0 Å². The van der Waals surface area contributed by atoms with Crippen LogP contribution >= 0.6 is 23.2 Å². The average molecular weight is 391 g/mol. The molecule has 26 heavy (non-hydrogen) atoms. The van der Waals surface area contributed by atoms with Crippen LogP contribution in [0.4, 0.5) is 5.69 Å². The molecule has 5 nitrogen and oxygen atoms in total. The molecular weight excluding hydrogens is 375 g/mol. The van der Waals surface area contributed by atoms with Crippen LogP contribution in [0.5, 0.6) is 5.75 Å². The zero-order valence-corrected chi connectivity index (χ0v) is 15.7. The highest BCUT2D eigenvalue weighted by Gasteiger charge is 2.12. The van der Waals surface area contributed by atoms with Gasteiger partial charge in [0.15, 0.2) is 0 Å². The van der Waals surface area contributed by atoms with Gasteiger partial charge in [0.2, 0.25) is 0 Å². The highest BCUT2D eigenvalue weighted by Crippen LogP contribution is 2.26. The van der Waals surface area contributed by atoms with Crippen molar-refractivity contribution in [2.24, 2.45) is 0 Å². The van der Waals surface area contributed by atoms with Crippen LogP contribution in [-0.2, 0) is 6.61 Å². The zero-order chi connectivity index (χ0) is 18.7. The van der Waals surface area contributed by atoms with Crippen LogP contribution in [-0.4, -0.2) is 11.1 Å². The molecule has 1 amide bonds. The molecule has 0 saturated carbocycles. The number of ether oxygens (including phenoxy) is 1. The van der Waals surface area contributed by atoms with Gasteiger partial charge < -0.3 is 14.6 Å². The van der Waals surface area contributed by atoms with E-state index in [0.29, 0.717) is 39.4 Å². The number of carbonyl (C=O) groups is 1. The van der Waals surface area contributed by atoms with Crippen molar-refractivity contribution in [1.82, 2.24) is 5.16 Å². The van der Waals surface area contributed by atoms with Crippen molar-refractivity contribution < 1.29 is 14.1 Å². The Morgan fingerprint density at radius 1 is 1.19 bits per heavy atom. The summed E-state index contributed by atoms with van der Waals surface area (Å²) in [5.41, 5.74) is 2.62. The second-order valence-corrected chi connectivity index (χ2v) is 6.54. The minimum atomic E-state index is -0.294. The molecule has 1 heterocycles. The summed E-state index contributed by atoms with van der Waals surface area (Å²) in [5, 5.41) is 7.53.